The maximum Gasteiger partial charge on any atom is 0.158 e. The van der Waals surface area contributed by atoms with Crippen molar-refractivity contribution in [1.29, 1.82) is 0 Å². The van der Waals surface area contributed by atoms with Crippen LogP contribution in [-0.2, 0) is 16.4 Å². The van der Waals surface area contributed by atoms with Crippen LogP contribution in [-0.4, -0.2) is 28.8 Å². The zero-order valence-electron chi connectivity index (χ0n) is 9.54. The molecule has 6 heteroatoms. The topological polar surface area (TPSA) is 72.2 Å². The van der Waals surface area contributed by atoms with E-state index in [2.05, 4.69) is 4.98 Å². The molecular weight excluding hydrogens is 240 g/mol. The first-order valence-corrected chi connectivity index (χ1v) is 7.76. The molecule has 2 unspecified atom stereocenters. The quantitative estimate of drug-likeness (QED) is 0.812. The maximum atomic E-state index is 11.8. The molecule has 0 radical (unpaired) electrons. The van der Waals surface area contributed by atoms with Crippen molar-refractivity contribution in [3.63, 3.8) is 0 Å². The standard InChI is InChI=1S/C11H16N2O3S/c14-9-3-1-5-13-7-8(12-11(9)13)10-4-2-6-17(10,15)16/h7,9-10,14H,1-6H2. The summed E-state index contributed by atoms with van der Waals surface area (Å²) in [4.78, 5) is 4.34. The van der Waals surface area contributed by atoms with Crippen LogP contribution in [0.3, 0.4) is 0 Å². The molecule has 17 heavy (non-hydrogen) atoms. The van der Waals surface area contributed by atoms with Crippen LogP contribution in [0.2, 0.25) is 0 Å². The molecule has 5 nitrogen and oxygen atoms in total. The summed E-state index contributed by atoms with van der Waals surface area (Å²) in [5.41, 5.74) is 0.624. The highest BCUT2D eigenvalue weighted by atomic mass is 32.2. The Morgan fingerprint density at radius 3 is 2.82 bits per heavy atom. The van der Waals surface area contributed by atoms with Crippen molar-refractivity contribution >= 4 is 9.84 Å². The number of aryl methyl sites for hydroxylation is 1. The first kappa shape index (κ1) is 11.2. The molecule has 0 saturated carbocycles. The Morgan fingerprint density at radius 1 is 1.35 bits per heavy atom. The van der Waals surface area contributed by atoms with E-state index in [1.165, 1.54) is 0 Å². The van der Waals surface area contributed by atoms with Crippen molar-refractivity contribution in [2.24, 2.45) is 0 Å². The number of nitrogens with zero attached hydrogens (tertiary/aromatic N) is 2. The molecule has 0 aliphatic carbocycles. The summed E-state index contributed by atoms with van der Waals surface area (Å²) in [5, 5.41) is 9.36. The molecule has 1 fully saturated rings. The Morgan fingerprint density at radius 2 is 2.18 bits per heavy atom. The number of hydrogen-bond donors (Lipinski definition) is 1. The highest BCUT2D eigenvalue weighted by Crippen LogP contribution is 2.35. The van der Waals surface area contributed by atoms with Crippen molar-refractivity contribution in [3.8, 4) is 0 Å². The van der Waals surface area contributed by atoms with E-state index in [4.69, 9.17) is 0 Å². The Labute approximate surface area is 100 Å². The molecule has 2 aliphatic rings. The second kappa shape index (κ2) is 3.81. The third kappa shape index (κ3) is 1.79. The highest BCUT2D eigenvalue weighted by molar-refractivity contribution is 7.91. The Bertz CT molecular complexity index is 535. The minimum absolute atomic E-state index is 0.266. The van der Waals surface area contributed by atoms with Gasteiger partial charge >= 0.3 is 0 Å². The average Bonchev–Trinajstić information content (AvgIpc) is 2.81. The molecule has 1 aromatic heterocycles. The summed E-state index contributed by atoms with van der Waals surface area (Å²) in [6, 6.07) is 0. The first-order valence-electron chi connectivity index (χ1n) is 6.04. The van der Waals surface area contributed by atoms with E-state index < -0.39 is 21.2 Å². The van der Waals surface area contributed by atoms with Gasteiger partial charge in [0.2, 0.25) is 0 Å². The smallest absolute Gasteiger partial charge is 0.158 e. The number of aromatic nitrogens is 2. The Kier molecular flexibility index (Phi) is 2.52. The Hall–Kier alpha value is -0.880. The minimum Gasteiger partial charge on any atom is -0.385 e. The van der Waals surface area contributed by atoms with Gasteiger partial charge in [-0.1, -0.05) is 0 Å². The molecule has 0 spiro atoms. The number of rotatable bonds is 1. The molecule has 1 aromatic rings. The summed E-state index contributed by atoms with van der Waals surface area (Å²) >= 11 is 0. The van der Waals surface area contributed by atoms with Crippen LogP contribution >= 0.6 is 0 Å². The van der Waals surface area contributed by atoms with Gasteiger partial charge in [-0.3, -0.25) is 0 Å². The van der Waals surface area contributed by atoms with Crippen LogP contribution < -0.4 is 0 Å². The number of imidazole rings is 1. The fourth-order valence-electron chi connectivity index (χ4n) is 2.76. The first-order chi connectivity index (χ1) is 8.08. The SMILES string of the molecule is O=S1(=O)CCCC1c1cn2c(n1)C(O)CCC2. The van der Waals surface area contributed by atoms with E-state index >= 15 is 0 Å². The van der Waals surface area contributed by atoms with Crippen molar-refractivity contribution < 1.29 is 13.5 Å². The normalized spacial score (nSPS) is 31.4. The van der Waals surface area contributed by atoms with Gasteiger partial charge in [0, 0.05) is 12.7 Å². The molecule has 2 atom stereocenters. The third-order valence-corrected chi connectivity index (χ3v) is 5.86. The number of sulfone groups is 1. The van der Waals surface area contributed by atoms with Crippen LogP contribution in [0.25, 0.3) is 0 Å². The fraction of sp³-hybridized carbons (Fsp3) is 0.727. The van der Waals surface area contributed by atoms with E-state index in [1.807, 2.05) is 10.8 Å². The van der Waals surface area contributed by atoms with E-state index in [1.54, 1.807) is 0 Å². The molecule has 0 bridgehead atoms. The van der Waals surface area contributed by atoms with Crippen LogP contribution in [0.1, 0.15) is 48.6 Å². The van der Waals surface area contributed by atoms with Gasteiger partial charge in [0.25, 0.3) is 0 Å². The van der Waals surface area contributed by atoms with E-state index in [0.29, 0.717) is 24.4 Å². The van der Waals surface area contributed by atoms with Crippen LogP contribution in [0, 0.1) is 0 Å². The predicted octanol–water partition coefficient (Wildman–Crippen LogP) is 0.960. The number of hydrogen-bond acceptors (Lipinski definition) is 4. The monoisotopic (exact) mass is 256 g/mol. The van der Waals surface area contributed by atoms with Gasteiger partial charge in [-0.25, -0.2) is 13.4 Å². The summed E-state index contributed by atoms with van der Waals surface area (Å²) in [5.74, 6) is 0.899. The molecule has 0 aromatic carbocycles. The Balaban J connectivity index is 2.00. The lowest BCUT2D eigenvalue weighted by molar-refractivity contribution is 0.133. The van der Waals surface area contributed by atoms with Crippen molar-refractivity contribution in [2.45, 2.75) is 43.6 Å². The highest BCUT2D eigenvalue weighted by Gasteiger charge is 2.35. The van der Waals surface area contributed by atoms with Crippen molar-refractivity contribution in [2.75, 3.05) is 5.75 Å². The molecule has 94 valence electrons. The molecule has 0 amide bonds. The maximum absolute atomic E-state index is 11.8. The number of aliphatic hydroxyl groups is 1. The van der Waals surface area contributed by atoms with Gasteiger partial charge in [0.15, 0.2) is 9.84 Å². The van der Waals surface area contributed by atoms with Gasteiger partial charge in [-0.05, 0) is 25.7 Å². The van der Waals surface area contributed by atoms with E-state index in [0.717, 1.165) is 19.4 Å². The zero-order chi connectivity index (χ0) is 12.0. The predicted molar refractivity (Wildman–Crippen MR) is 62.2 cm³/mol. The van der Waals surface area contributed by atoms with Gasteiger partial charge in [-0.15, -0.1) is 0 Å². The largest absolute Gasteiger partial charge is 0.385 e. The summed E-state index contributed by atoms with van der Waals surface area (Å²) < 4.78 is 25.6. The number of fused-ring (bicyclic) bond motifs is 1. The van der Waals surface area contributed by atoms with E-state index in [-0.39, 0.29) is 5.75 Å². The van der Waals surface area contributed by atoms with E-state index in [9.17, 15) is 13.5 Å². The van der Waals surface area contributed by atoms with Gasteiger partial charge < -0.3 is 9.67 Å². The molecule has 3 heterocycles. The lowest BCUT2D eigenvalue weighted by Gasteiger charge is -2.18. The lowest BCUT2D eigenvalue weighted by Crippen LogP contribution is -2.14. The lowest BCUT2D eigenvalue weighted by atomic mass is 10.1. The summed E-state index contributed by atoms with van der Waals surface area (Å²) in [6.45, 7) is 0.826. The van der Waals surface area contributed by atoms with Crippen LogP contribution in [0.15, 0.2) is 6.20 Å². The third-order valence-electron chi connectivity index (χ3n) is 3.66. The zero-order valence-corrected chi connectivity index (χ0v) is 10.4. The molecular formula is C11H16N2O3S. The van der Waals surface area contributed by atoms with Crippen LogP contribution in [0.4, 0.5) is 0 Å². The second-order valence-corrected chi connectivity index (χ2v) is 7.18. The summed E-state index contributed by atoms with van der Waals surface area (Å²) in [7, 11) is -3.01. The molecule has 2 aliphatic heterocycles. The molecule has 3 rings (SSSR count). The summed E-state index contributed by atoms with van der Waals surface area (Å²) in [6.07, 6.45) is 4.29. The molecule has 1 N–H and O–H groups in total. The van der Waals surface area contributed by atoms with Gasteiger partial charge in [0.05, 0.1) is 11.4 Å². The van der Waals surface area contributed by atoms with Crippen molar-refractivity contribution in [3.05, 3.63) is 17.7 Å². The molecule has 1 saturated heterocycles. The second-order valence-electron chi connectivity index (χ2n) is 4.87. The van der Waals surface area contributed by atoms with Gasteiger partial charge in [-0.2, -0.15) is 0 Å². The fourth-order valence-corrected chi connectivity index (χ4v) is 4.62. The van der Waals surface area contributed by atoms with Gasteiger partial charge in [0.1, 0.15) is 17.2 Å². The average molecular weight is 256 g/mol. The van der Waals surface area contributed by atoms with Crippen LogP contribution in [0.5, 0.6) is 0 Å². The number of aliphatic hydroxyl groups excluding tert-OH is 1. The van der Waals surface area contributed by atoms with Crippen molar-refractivity contribution in [1.82, 2.24) is 9.55 Å². The minimum atomic E-state index is -3.01.